The third-order valence-corrected chi connectivity index (χ3v) is 3.76. The summed E-state index contributed by atoms with van der Waals surface area (Å²) in [4.78, 5) is 4.34. The molecule has 108 valence electrons. The van der Waals surface area contributed by atoms with Crippen LogP contribution in [-0.2, 0) is 6.54 Å². The number of hydrogen-bond donors (Lipinski definition) is 2. The normalized spacial score (nSPS) is 12.3. The van der Waals surface area contributed by atoms with Crippen molar-refractivity contribution in [2.45, 2.75) is 19.6 Å². The number of aromatic nitrogens is 1. The molecule has 1 atom stereocenters. The van der Waals surface area contributed by atoms with Crippen LogP contribution in [0.5, 0.6) is 5.75 Å². The van der Waals surface area contributed by atoms with Gasteiger partial charge in [-0.2, -0.15) is 0 Å². The Morgan fingerprint density at radius 3 is 3.05 bits per heavy atom. The molecule has 0 bridgehead atoms. The summed E-state index contributed by atoms with van der Waals surface area (Å²) >= 11 is 7.46. The van der Waals surface area contributed by atoms with E-state index in [1.807, 2.05) is 24.4 Å². The van der Waals surface area contributed by atoms with Gasteiger partial charge in [-0.15, -0.1) is 11.3 Å². The molecule has 0 aliphatic rings. The van der Waals surface area contributed by atoms with E-state index in [1.165, 1.54) is 0 Å². The van der Waals surface area contributed by atoms with Crippen LogP contribution >= 0.6 is 22.9 Å². The van der Waals surface area contributed by atoms with Crippen LogP contribution < -0.4 is 10.1 Å². The first-order chi connectivity index (χ1) is 9.63. The lowest BCUT2D eigenvalue weighted by Gasteiger charge is -2.13. The van der Waals surface area contributed by atoms with E-state index in [4.69, 9.17) is 16.3 Å². The van der Waals surface area contributed by atoms with Crippen molar-refractivity contribution in [3.05, 3.63) is 45.4 Å². The van der Waals surface area contributed by atoms with Crippen molar-refractivity contribution in [2.24, 2.45) is 0 Å². The van der Waals surface area contributed by atoms with Gasteiger partial charge in [0.1, 0.15) is 23.5 Å². The predicted molar refractivity (Wildman–Crippen MR) is 81.5 cm³/mol. The minimum Gasteiger partial charge on any atom is -0.491 e. The lowest BCUT2D eigenvalue weighted by atomic mass is 10.3. The van der Waals surface area contributed by atoms with Crippen LogP contribution in [-0.4, -0.2) is 29.3 Å². The number of thiazole rings is 1. The maximum Gasteiger partial charge on any atom is 0.120 e. The number of nitrogens with one attached hydrogen (secondary N) is 1. The highest BCUT2D eigenvalue weighted by atomic mass is 35.5. The van der Waals surface area contributed by atoms with Crippen molar-refractivity contribution in [1.82, 2.24) is 10.3 Å². The van der Waals surface area contributed by atoms with Gasteiger partial charge in [0, 0.05) is 29.2 Å². The minimum absolute atomic E-state index is 0.226. The Morgan fingerprint density at radius 2 is 2.35 bits per heavy atom. The Morgan fingerprint density at radius 1 is 1.50 bits per heavy atom. The fourth-order valence-corrected chi connectivity index (χ4v) is 2.56. The van der Waals surface area contributed by atoms with E-state index in [0.29, 0.717) is 23.9 Å². The van der Waals surface area contributed by atoms with Crippen LogP contribution in [0.4, 0.5) is 0 Å². The molecule has 0 aliphatic heterocycles. The molecule has 4 nitrogen and oxygen atoms in total. The number of nitrogens with zero attached hydrogens (tertiary/aromatic N) is 1. The fourth-order valence-electron chi connectivity index (χ4n) is 1.64. The molecule has 2 N–H and O–H groups in total. The Labute approximate surface area is 127 Å². The van der Waals surface area contributed by atoms with E-state index in [2.05, 4.69) is 10.3 Å². The van der Waals surface area contributed by atoms with Gasteiger partial charge in [0.2, 0.25) is 0 Å². The van der Waals surface area contributed by atoms with Crippen molar-refractivity contribution in [1.29, 1.82) is 0 Å². The van der Waals surface area contributed by atoms with E-state index in [1.54, 1.807) is 23.5 Å². The average Bonchev–Trinajstić information content (AvgIpc) is 2.82. The highest BCUT2D eigenvalue weighted by Gasteiger charge is 2.06. The second-order valence-electron chi connectivity index (χ2n) is 4.44. The first-order valence-electron chi connectivity index (χ1n) is 6.31. The topological polar surface area (TPSA) is 54.4 Å². The monoisotopic (exact) mass is 312 g/mol. The number of halogens is 1. The lowest BCUT2D eigenvalue weighted by Crippen LogP contribution is -2.31. The molecule has 0 amide bonds. The number of hydrogen-bond acceptors (Lipinski definition) is 5. The summed E-state index contributed by atoms with van der Waals surface area (Å²) in [5.41, 5.74) is 1.02. The lowest BCUT2D eigenvalue weighted by molar-refractivity contribution is 0.106. The average molecular weight is 313 g/mol. The van der Waals surface area contributed by atoms with Gasteiger partial charge in [0.15, 0.2) is 0 Å². The van der Waals surface area contributed by atoms with Crippen molar-refractivity contribution in [2.75, 3.05) is 13.2 Å². The summed E-state index contributed by atoms with van der Waals surface area (Å²) in [6, 6.07) is 7.12. The van der Waals surface area contributed by atoms with Gasteiger partial charge in [-0.3, -0.25) is 0 Å². The van der Waals surface area contributed by atoms with Gasteiger partial charge < -0.3 is 15.2 Å². The van der Waals surface area contributed by atoms with Gasteiger partial charge >= 0.3 is 0 Å². The summed E-state index contributed by atoms with van der Waals surface area (Å²) in [5.74, 6) is 0.659. The summed E-state index contributed by atoms with van der Waals surface area (Å²) < 4.78 is 5.47. The minimum atomic E-state index is -0.574. The SMILES string of the molecule is Cc1csc(CNCC(O)COc2cccc(Cl)c2)n1. The number of rotatable bonds is 7. The zero-order chi connectivity index (χ0) is 14.4. The van der Waals surface area contributed by atoms with E-state index >= 15 is 0 Å². The number of aliphatic hydroxyl groups is 1. The molecule has 6 heteroatoms. The molecule has 0 saturated carbocycles. The second kappa shape index (κ2) is 7.59. The Bertz CT molecular complexity index is 547. The summed E-state index contributed by atoms with van der Waals surface area (Å²) in [6.07, 6.45) is -0.574. The number of ether oxygens (including phenoxy) is 1. The Balaban J connectivity index is 1.66. The summed E-state index contributed by atoms with van der Waals surface area (Å²) in [6.45, 7) is 3.31. The molecule has 0 saturated heterocycles. The van der Waals surface area contributed by atoms with Gasteiger partial charge in [-0.05, 0) is 25.1 Å². The molecule has 0 spiro atoms. The first-order valence-corrected chi connectivity index (χ1v) is 7.57. The molecule has 1 heterocycles. The van der Waals surface area contributed by atoms with Gasteiger partial charge in [-0.25, -0.2) is 4.98 Å². The van der Waals surface area contributed by atoms with Crippen LogP contribution in [0.25, 0.3) is 0 Å². The van der Waals surface area contributed by atoms with Crippen molar-refractivity contribution in [3.63, 3.8) is 0 Å². The molecule has 1 unspecified atom stereocenters. The van der Waals surface area contributed by atoms with Crippen LogP contribution in [0.15, 0.2) is 29.6 Å². The van der Waals surface area contributed by atoms with Crippen molar-refractivity contribution < 1.29 is 9.84 Å². The number of aryl methyl sites for hydroxylation is 1. The highest BCUT2D eigenvalue weighted by molar-refractivity contribution is 7.09. The van der Waals surface area contributed by atoms with Crippen LogP contribution in [0.2, 0.25) is 5.02 Å². The van der Waals surface area contributed by atoms with E-state index in [-0.39, 0.29) is 6.61 Å². The molecular formula is C14H17ClN2O2S. The summed E-state index contributed by atoms with van der Waals surface area (Å²) in [7, 11) is 0. The van der Waals surface area contributed by atoms with Crippen LogP contribution in [0.1, 0.15) is 10.7 Å². The Kier molecular flexibility index (Phi) is 5.79. The van der Waals surface area contributed by atoms with E-state index in [9.17, 15) is 5.11 Å². The third kappa shape index (κ3) is 5.09. The van der Waals surface area contributed by atoms with Crippen molar-refractivity contribution >= 4 is 22.9 Å². The van der Waals surface area contributed by atoms with Gasteiger partial charge in [0.05, 0.1) is 0 Å². The predicted octanol–water partition coefficient (Wildman–Crippen LogP) is 2.63. The molecule has 2 rings (SSSR count). The van der Waals surface area contributed by atoms with E-state index in [0.717, 1.165) is 10.7 Å². The van der Waals surface area contributed by atoms with Crippen molar-refractivity contribution in [3.8, 4) is 5.75 Å². The van der Waals surface area contributed by atoms with Gasteiger partial charge in [0.25, 0.3) is 0 Å². The molecule has 2 aromatic rings. The van der Waals surface area contributed by atoms with Crippen LogP contribution in [0, 0.1) is 6.92 Å². The van der Waals surface area contributed by atoms with Gasteiger partial charge in [-0.1, -0.05) is 17.7 Å². The molecule has 0 radical (unpaired) electrons. The smallest absolute Gasteiger partial charge is 0.120 e. The third-order valence-electron chi connectivity index (χ3n) is 2.56. The molecule has 1 aromatic heterocycles. The van der Waals surface area contributed by atoms with E-state index < -0.39 is 6.10 Å². The quantitative estimate of drug-likeness (QED) is 0.825. The Hall–Kier alpha value is -1.14. The standard InChI is InChI=1S/C14H17ClN2O2S/c1-10-9-20-14(17-10)7-16-6-12(18)8-19-13-4-2-3-11(15)5-13/h2-5,9,12,16,18H,6-8H2,1H3. The molecule has 1 aromatic carbocycles. The largest absolute Gasteiger partial charge is 0.491 e. The number of aliphatic hydroxyl groups excluding tert-OH is 1. The molecule has 20 heavy (non-hydrogen) atoms. The zero-order valence-corrected chi connectivity index (χ0v) is 12.7. The van der Waals surface area contributed by atoms with Crippen LogP contribution in [0.3, 0.4) is 0 Å². The molecule has 0 fully saturated rings. The molecular weight excluding hydrogens is 296 g/mol. The maximum absolute atomic E-state index is 9.83. The number of benzene rings is 1. The first kappa shape index (κ1) is 15.3. The summed E-state index contributed by atoms with van der Waals surface area (Å²) in [5, 5.41) is 16.6. The highest BCUT2D eigenvalue weighted by Crippen LogP contribution is 2.17. The maximum atomic E-state index is 9.83. The zero-order valence-electron chi connectivity index (χ0n) is 11.2. The fraction of sp³-hybridized carbons (Fsp3) is 0.357. The second-order valence-corrected chi connectivity index (χ2v) is 5.81. The molecule has 0 aliphatic carbocycles.